The van der Waals surface area contributed by atoms with Crippen LogP contribution in [0.2, 0.25) is 0 Å². The number of carbonyl (C=O) groups is 1. The lowest BCUT2D eigenvalue weighted by Gasteiger charge is -2.03. The fourth-order valence-corrected chi connectivity index (χ4v) is 1.70. The molecular formula is C12H8BrNO2. The summed E-state index contributed by atoms with van der Waals surface area (Å²) >= 11 is 3.22. The number of benzene rings is 1. The van der Waals surface area contributed by atoms with Crippen LogP contribution in [0.25, 0.3) is 0 Å². The number of ketones is 1. The number of aromatic hydroxyl groups is 1. The van der Waals surface area contributed by atoms with Gasteiger partial charge in [-0.05, 0) is 30.3 Å². The second kappa shape index (κ2) is 4.45. The van der Waals surface area contributed by atoms with E-state index in [0.717, 1.165) is 4.47 Å². The first-order valence-corrected chi connectivity index (χ1v) is 5.41. The summed E-state index contributed by atoms with van der Waals surface area (Å²) in [7, 11) is 0. The van der Waals surface area contributed by atoms with E-state index in [2.05, 4.69) is 20.9 Å². The van der Waals surface area contributed by atoms with Gasteiger partial charge in [-0.2, -0.15) is 0 Å². The molecule has 0 atom stereocenters. The van der Waals surface area contributed by atoms with Crippen molar-refractivity contribution in [2.75, 3.05) is 0 Å². The zero-order valence-electron chi connectivity index (χ0n) is 8.22. The minimum Gasteiger partial charge on any atom is -0.507 e. The second-order valence-electron chi connectivity index (χ2n) is 3.23. The maximum atomic E-state index is 12.0. The standard InChI is InChI=1S/C12H8BrNO2/c13-9-3-4-10(11(15)6-9)12(16)8-2-1-5-14-7-8/h1-7,15H. The predicted octanol–water partition coefficient (Wildman–Crippen LogP) is 2.78. The van der Waals surface area contributed by atoms with E-state index in [0.29, 0.717) is 5.56 Å². The molecule has 0 saturated heterocycles. The summed E-state index contributed by atoms with van der Waals surface area (Å²) in [5.41, 5.74) is 0.733. The van der Waals surface area contributed by atoms with E-state index in [1.807, 2.05) is 0 Å². The molecule has 16 heavy (non-hydrogen) atoms. The molecule has 4 heteroatoms. The number of nitrogens with zero attached hydrogens (tertiary/aromatic N) is 1. The minimum atomic E-state index is -0.238. The average molecular weight is 278 g/mol. The van der Waals surface area contributed by atoms with Gasteiger partial charge in [-0.1, -0.05) is 15.9 Å². The number of hydrogen-bond acceptors (Lipinski definition) is 3. The maximum absolute atomic E-state index is 12.0. The highest BCUT2D eigenvalue weighted by molar-refractivity contribution is 9.10. The van der Waals surface area contributed by atoms with E-state index >= 15 is 0 Å². The van der Waals surface area contributed by atoms with Gasteiger partial charge >= 0.3 is 0 Å². The van der Waals surface area contributed by atoms with Crippen LogP contribution in [0, 0.1) is 0 Å². The van der Waals surface area contributed by atoms with E-state index in [9.17, 15) is 9.90 Å². The molecule has 2 rings (SSSR count). The van der Waals surface area contributed by atoms with E-state index in [4.69, 9.17) is 0 Å². The van der Waals surface area contributed by atoms with Crippen molar-refractivity contribution in [1.29, 1.82) is 0 Å². The van der Waals surface area contributed by atoms with Crippen LogP contribution < -0.4 is 0 Å². The number of pyridine rings is 1. The summed E-state index contributed by atoms with van der Waals surface area (Å²) in [4.78, 5) is 15.8. The predicted molar refractivity (Wildman–Crippen MR) is 63.5 cm³/mol. The van der Waals surface area contributed by atoms with Crippen LogP contribution in [-0.4, -0.2) is 15.9 Å². The Kier molecular flexibility index (Phi) is 3.01. The Morgan fingerprint density at radius 2 is 2.12 bits per heavy atom. The minimum absolute atomic E-state index is 0.0387. The summed E-state index contributed by atoms with van der Waals surface area (Å²) in [6.07, 6.45) is 3.07. The molecule has 3 nitrogen and oxygen atoms in total. The average Bonchev–Trinajstić information content (AvgIpc) is 2.29. The third-order valence-corrected chi connectivity index (χ3v) is 2.62. The molecule has 1 heterocycles. The number of carbonyl (C=O) groups excluding carboxylic acids is 1. The molecule has 0 saturated carbocycles. The van der Waals surface area contributed by atoms with Crippen molar-refractivity contribution >= 4 is 21.7 Å². The molecule has 0 aliphatic carbocycles. The summed E-state index contributed by atoms with van der Waals surface area (Å²) in [5.74, 6) is -0.277. The van der Waals surface area contributed by atoms with E-state index in [1.165, 1.54) is 12.3 Å². The molecule has 1 aromatic heterocycles. The normalized spacial score (nSPS) is 10.1. The van der Waals surface area contributed by atoms with Crippen LogP contribution in [-0.2, 0) is 0 Å². The summed E-state index contributed by atoms with van der Waals surface area (Å²) in [5, 5.41) is 9.65. The first-order valence-electron chi connectivity index (χ1n) is 4.62. The highest BCUT2D eigenvalue weighted by atomic mass is 79.9. The molecule has 1 aromatic carbocycles. The Balaban J connectivity index is 2.42. The highest BCUT2D eigenvalue weighted by Gasteiger charge is 2.13. The van der Waals surface area contributed by atoms with Crippen molar-refractivity contribution in [2.45, 2.75) is 0 Å². The fraction of sp³-hybridized carbons (Fsp3) is 0. The molecule has 0 aliphatic heterocycles. The van der Waals surface area contributed by atoms with Gasteiger partial charge in [0, 0.05) is 22.4 Å². The first-order chi connectivity index (χ1) is 7.68. The molecule has 0 fully saturated rings. The van der Waals surface area contributed by atoms with Gasteiger partial charge < -0.3 is 5.11 Å². The van der Waals surface area contributed by atoms with Gasteiger partial charge in [0.15, 0.2) is 5.78 Å². The van der Waals surface area contributed by atoms with Crippen molar-refractivity contribution in [3.05, 3.63) is 58.3 Å². The van der Waals surface area contributed by atoms with E-state index < -0.39 is 0 Å². The van der Waals surface area contributed by atoms with E-state index in [-0.39, 0.29) is 17.1 Å². The van der Waals surface area contributed by atoms with Crippen molar-refractivity contribution in [3.8, 4) is 5.75 Å². The maximum Gasteiger partial charge on any atom is 0.198 e. The van der Waals surface area contributed by atoms with Gasteiger partial charge in [0.25, 0.3) is 0 Å². The Hall–Kier alpha value is -1.68. The SMILES string of the molecule is O=C(c1cccnc1)c1ccc(Br)cc1O. The highest BCUT2D eigenvalue weighted by Crippen LogP contribution is 2.24. The molecule has 0 radical (unpaired) electrons. The van der Waals surface area contributed by atoms with Gasteiger partial charge in [-0.15, -0.1) is 0 Å². The van der Waals surface area contributed by atoms with Crippen molar-refractivity contribution in [2.24, 2.45) is 0 Å². The zero-order valence-corrected chi connectivity index (χ0v) is 9.81. The number of rotatable bonds is 2. The first kappa shape index (κ1) is 10.8. The zero-order chi connectivity index (χ0) is 11.5. The van der Waals surface area contributed by atoms with Crippen molar-refractivity contribution in [3.63, 3.8) is 0 Å². The number of phenolic OH excluding ortho intramolecular Hbond substituents is 1. The number of hydrogen-bond donors (Lipinski definition) is 1. The van der Waals surface area contributed by atoms with Crippen LogP contribution in [0.4, 0.5) is 0 Å². The Bertz CT molecular complexity index is 526. The molecule has 1 N–H and O–H groups in total. The summed E-state index contributed by atoms with van der Waals surface area (Å²) < 4.78 is 0.729. The lowest BCUT2D eigenvalue weighted by Crippen LogP contribution is -2.01. The molecule has 0 spiro atoms. The molecule has 2 aromatic rings. The van der Waals surface area contributed by atoms with Crippen LogP contribution in [0.15, 0.2) is 47.2 Å². The molecule has 0 aliphatic rings. The monoisotopic (exact) mass is 277 g/mol. The Morgan fingerprint density at radius 3 is 2.75 bits per heavy atom. The number of halogens is 1. The Morgan fingerprint density at radius 1 is 1.31 bits per heavy atom. The van der Waals surface area contributed by atoms with Crippen LogP contribution in [0.1, 0.15) is 15.9 Å². The van der Waals surface area contributed by atoms with Crippen molar-refractivity contribution in [1.82, 2.24) is 4.98 Å². The largest absolute Gasteiger partial charge is 0.507 e. The number of phenols is 1. The molecular weight excluding hydrogens is 270 g/mol. The fourth-order valence-electron chi connectivity index (χ4n) is 1.35. The molecule has 80 valence electrons. The van der Waals surface area contributed by atoms with Gasteiger partial charge in [0.2, 0.25) is 0 Å². The van der Waals surface area contributed by atoms with Crippen LogP contribution in [0.5, 0.6) is 5.75 Å². The van der Waals surface area contributed by atoms with E-state index in [1.54, 1.807) is 30.5 Å². The van der Waals surface area contributed by atoms with Gasteiger partial charge in [-0.3, -0.25) is 9.78 Å². The third-order valence-electron chi connectivity index (χ3n) is 2.13. The van der Waals surface area contributed by atoms with Crippen LogP contribution >= 0.6 is 15.9 Å². The quantitative estimate of drug-likeness (QED) is 0.859. The lowest BCUT2D eigenvalue weighted by atomic mass is 10.0. The van der Waals surface area contributed by atoms with Crippen LogP contribution in [0.3, 0.4) is 0 Å². The second-order valence-corrected chi connectivity index (χ2v) is 4.15. The third kappa shape index (κ3) is 2.12. The summed E-state index contributed by atoms with van der Waals surface area (Å²) in [6, 6.07) is 8.13. The van der Waals surface area contributed by atoms with Crippen molar-refractivity contribution < 1.29 is 9.90 Å². The van der Waals surface area contributed by atoms with Gasteiger partial charge in [0.05, 0.1) is 5.56 Å². The summed E-state index contributed by atoms with van der Waals surface area (Å²) in [6.45, 7) is 0. The molecule has 0 amide bonds. The topological polar surface area (TPSA) is 50.2 Å². The Labute approximate surface area is 101 Å². The smallest absolute Gasteiger partial charge is 0.198 e. The van der Waals surface area contributed by atoms with Gasteiger partial charge in [0.1, 0.15) is 5.75 Å². The lowest BCUT2D eigenvalue weighted by molar-refractivity contribution is 0.103. The molecule has 0 unspecified atom stereocenters. The van der Waals surface area contributed by atoms with Gasteiger partial charge in [-0.25, -0.2) is 0 Å². The molecule has 0 bridgehead atoms. The number of aromatic nitrogens is 1.